The summed E-state index contributed by atoms with van der Waals surface area (Å²) in [6.45, 7) is 9.55. The van der Waals surface area contributed by atoms with Gasteiger partial charge in [0.1, 0.15) is 38.5 Å². The lowest BCUT2D eigenvalue weighted by atomic mass is 10.0. The number of carbonyl (C=O) groups excluding carboxylic acids is 6. The minimum absolute atomic E-state index is 0. The van der Waals surface area contributed by atoms with Gasteiger partial charge in [-0.1, -0.05) is 128 Å². The lowest BCUT2D eigenvalue weighted by Gasteiger charge is -2.30. The number of ether oxygens (including phenoxy) is 6. The Balaban J connectivity index is -0.0000281. The molecule has 0 saturated heterocycles. The molecule has 0 aromatic rings. The largest absolute Gasteiger partial charge is 1.00 e. The van der Waals surface area contributed by atoms with Crippen LogP contribution in [0.25, 0.3) is 0 Å². The van der Waals surface area contributed by atoms with Crippen LogP contribution in [0.3, 0.4) is 0 Å². The second kappa shape index (κ2) is 51.8. The zero-order chi connectivity index (χ0) is 56.7. The fraction of sp³-hybridized carbons (Fsp3) is 0.833. The maximum Gasteiger partial charge on any atom is 0.362 e. The molecule has 0 aliphatic heterocycles. The molecule has 0 spiro atoms. The van der Waals surface area contributed by atoms with Crippen molar-refractivity contribution in [1.29, 1.82) is 0 Å². The second-order valence-electron chi connectivity index (χ2n) is 22.1. The fourth-order valence-corrected chi connectivity index (χ4v) is 8.55. The SMILES string of the molecule is CCCCCC(OC(=O)C[N+](C)(C)CCOC(C)=O)C(O)CC=CCCCCCCCC(=O)OCCCCCCCCOC(=O)CCCCCCCC=CCC(O)C(CCCCC)OC(=O)C[N+](C)(C)CCOC(C)=O.[Cl-].[Cl-]. The number of aliphatic hydroxyl groups is 2. The summed E-state index contributed by atoms with van der Waals surface area (Å²) >= 11 is 0. The van der Waals surface area contributed by atoms with Crippen LogP contribution in [0.4, 0.5) is 0 Å². The van der Waals surface area contributed by atoms with Gasteiger partial charge in [-0.2, -0.15) is 0 Å². The van der Waals surface area contributed by atoms with E-state index in [-0.39, 0.29) is 86.9 Å². The summed E-state index contributed by atoms with van der Waals surface area (Å²) < 4.78 is 33.1. The molecule has 2 N–H and O–H groups in total. The molecule has 0 aromatic carbocycles. The number of rotatable bonds is 51. The van der Waals surface area contributed by atoms with Crippen LogP contribution < -0.4 is 24.8 Å². The van der Waals surface area contributed by atoms with Crippen molar-refractivity contribution >= 4 is 35.8 Å². The van der Waals surface area contributed by atoms with E-state index in [9.17, 15) is 39.0 Å². The van der Waals surface area contributed by atoms with Gasteiger partial charge in [-0.25, -0.2) is 9.59 Å². The minimum atomic E-state index is -0.770. The molecule has 0 amide bonds. The van der Waals surface area contributed by atoms with Crippen molar-refractivity contribution in [3.8, 4) is 0 Å². The Hall–Kier alpha value is -3.28. The summed E-state index contributed by atoms with van der Waals surface area (Å²) in [6, 6.07) is 0. The number of halogens is 2. The molecule has 0 radical (unpaired) electrons. The molecule has 0 bridgehead atoms. The number of allylic oxidation sites excluding steroid dienone is 2. The molecule has 4 atom stereocenters. The molecule has 0 saturated carbocycles. The molecule has 18 heteroatoms. The van der Waals surface area contributed by atoms with E-state index < -0.39 is 24.4 Å². The van der Waals surface area contributed by atoms with Gasteiger partial charge in [0.15, 0.2) is 13.1 Å². The summed E-state index contributed by atoms with van der Waals surface area (Å²) in [4.78, 5) is 72.1. The number of likely N-dealkylation sites (N-methyl/N-ethyl adjacent to an activating group) is 2. The first-order valence-corrected chi connectivity index (χ1v) is 29.6. The van der Waals surface area contributed by atoms with Crippen molar-refractivity contribution in [1.82, 2.24) is 0 Å². The van der Waals surface area contributed by atoms with E-state index in [0.717, 1.165) is 154 Å². The molecule has 0 heterocycles. The molecule has 78 heavy (non-hydrogen) atoms. The van der Waals surface area contributed by atoms with E-state index in [0.29, 0.717) is 73.8 Å². The van der Waals surface area contributed by atoms with Crippen molar-refractivity contribution in [2.24, 2.45) is 0 Å². The van der Waals surface area contributed by atoms with Gasteiger partial charge in [-0.15, -0.1) is 0 Å². The summed E-state index contributed by atoms with van der Waals surface area (Å²) in [5, 5.41) is 21.8. The normalized spacial score (nSPS) is 13.2. The van der Waals surface area contributed by atoms with Crippen molar-refractivity contribution < 1.29 is 101 Å². The molecule has 0 fully saturated rings. The zero-order valence-corrected chi connectivity index (χ0v) is 51.4. The molecule has 4 unspecified atom stereocenters. The molecular formula is C60H110Cl2N2O14. The molecule has 458 valence electrons. The Morgan fingerprint density at radius 3 is 1.09 bits per heavy atom. The van der Waals surface area contributed by atoms with Crippen molar-refractivity contribution in [2.75, 3.05) is 80.8 Å². The lowest BCUT2D eigenvalue weighted by molar-refractivity contribution is -0.883. The van der Waals surface area contributed by atoms with E-state index in [1.54, 1.807) is 0 Å². The standard InChI is InChI=1S/C60H110N2O14.2ClH/c1-9-11-29-39-55(75-59(69)49-61(5,6)43-47-71-51(3)63)53(65)37-31-23-17-13-15-19-25-33-41-57(67)73-45-35-27-21-22-28-36-46-74-58(68)42-34-26-20-16-14-18-24-32-38-54(66)56(40-30-12-10-2)76-60(70)50-62(7,8)44-48-72-52(4)64;;/h23-24,31-32,53-56,65-66H,9-22,25-30,33-50H2,1-8H3;2*1H/q+2;;/p-2. The van der Waals surface area contributed by atoms with Crippen LogP contribution in [-0.2, 0) is 57.2 Å². The second-order valence-corrected chi connectivity index (χ2v) is 22.1. The molecule has 0 aliphatic carbocycles. The van der Waals surface area contributed by atoms with E-state index in [4.69, 9.17) is 28.4 Å². The van der Waals surface area contributed by atoms with Crippen molar-refractivity contribution in [3.05, 3.63) is 24.3 Å². The van der Waals surface area contributed by atoms with E-state index in [1.807, 2.05) is 40.3 Å². The Bertz CT molecular complexity index is 1480. The number of esters is 6. The van der Waals surface area contributed by atoms with Crippen LogP contribution in [0.15, 0.2) is 24.3 Å². The van der Waals surface area contributed by atoms with Gasteiger partial charge in [-0.3, -0.25) is 19.2 Å². The van der Waals surface area contributed by atoms with Gasteiger partial charge in [0, 0.05) is 26.7 Å². The molecule has 0 aromatic heterocycles. The Morgan fingerprint density at radius 1 is 0.410 bits per heavy atom. The first-order chi connectivity index (χ1) is 36.3. The van der Waals surface area contributed by atoms with E-state index >= 15 is 0 Å². The highest BCUT2D eigenvalue weighted by Crippen LogP contribution is 2.18. The predicted octanol–water partition coefficient (Wildman–Crippen LogP) is 4.76. The average molecular weight is 1150 g/mol. The van der Waals surface area contributed by atoms with Crippen LogP contribution in [0.2, 0.25) is 0 Å². The zero-order valence-electron chi connectivity index (χ0n) is 49.9. The average Bonchev–Trinajstić information content (AvgIpc) is 3.34. The number of aliphatic hydroxyl groups excluding tert-OH is 2. The molecule has 0 rings (SSSR count). The van der Waals surface area contributed by atoms with Crippen LogP contribution in [0.1, 0.15) is 220 Å². The number of nitrogens with zero attached hydrogens (tertiary/aromatic N) is 2. The van der Waals surface area contributed by atoms with Crippen LogP contribution in [0, 0.1) is 0 Å². The summed E-state index contributed by atoms with van der Waals surface area (Å²) in [5.74, 6) is -1.68. The number of unbranched alkanes of at least 4 members (excludes halogenated alkanes) is 19. The predicted molar refractivity (Wildman–Crippen MR) is 299 cm³/mol. The maximum absolute atomic E-state index is 12.8. The van der Waals surface area contributed by atoms with Gasteiger partial charge >= 0.3 is 35.8 Å². The molecule has 0 aliphatic rings. The Morgan fingerprint density at radius 2 is 0.744 bits per heavy atom. The highest BCUT2D eigenvalue weighted by atomic mass is 35.5. The fourth-order valence-electron chi connectivity index (χ4n) is 8.55. The molecule has 16 nitrogen and oxygen atoms in total. The summed E-state index contributed by atoms with van der Waals surface area (Å²) in [6.07, 6.45) is 31.9. The first-order valence-electron chi connectivity index (χ1n) is 29.6. The van der Waals surface area contributed by atoms with Gasteiger partial charge in [0.2, 0.25) is 0 Å². The lowest BCUT2D eigenvalue weighted by Crippen LogP contribution is -3.00. The first kappa shape index (κ1) is 78.9. The van der Waals surface area contributed by atoms with Crippen LogP contribution >= 0.6 is 0 Å². The Kier molecular flexibility index (Phi) is 52.5. The molecular weight excluding hydrogens is 1040 g/mol. The quantitative estimate of drug-likeness (QED) is 0.0278. The third kappa shape index (κ3) is 50.9. The maximum atomic E-state index is 12.8. The van der Waals surface area contributed by atoms with Gasteiger partial charge in [0.25, 0.3) is 0 Å². The monoisotopic (exact) mass is 1150 g/mol. The highest BCUT2D eigenvalue weighted by molar-refractivity contribution is 5.71. The number of hydrogen-bond donors (Lipinski definition) is 2. The van der Waals surface area contributed by atoms with Crippen molar-refractivity contribution in [2.45, 2.75) is 245 Å². The van der Waals surface area contributed by atoms with Gasteiger partial charge in [0.05, 0.1) is 53.6 Å². The highest BCUT2D eigenvalue weighted by Gasteiger charge is 2.29. The minimum Gasteiger partial charge on any atom is -1.00 e. The van der Waals surface area contributed by atoms with Gasteiger partial charge < -0.3 is 72.4 Å². The van der Waals surface area contributed by atoms with Crippen LogP contribution in [0.5, 0.6) is 0 Å². The Labute approximate surface area is 484 Å². The third-order valence-electron chi connectivity index (χ3n) is 13.4. The number of quaternary nitrogens is 2. The topological polar surface area (TPSA) is 198 Å². The van der Waals surface area contributed by atoms with Crippen LogP contribution in [-0.4, -0.2) is 160 Å². The van der Waals surface area contributed by atoms with Gasteiger partial charge in [-0.05, 0) is 89.9 Å². The summed E-state index contributed by atoms with van der Waals surface area (Å²) in [5.41, 5.74) is 0. The number of carbonyl (C=O) groups is 6. The smallest absolute Gasteiger partial charge is 0.362 e. The third-order valence-corrected chi connectivity index (χ3v) is 13.4. The van der Waals surface area contributed by atoms with E-state index in [1.165, 1.54) is 13.8 Å². The summed E-state index contributed by atoms with van der Waals surface area (Å²) in [7, 11) is 7.53. The van der Waals surface area contributed by atoms with Crippen molar-refractivity contribution in [3.63, 3.8) is 0 Å². The number of hydrogen-bond acceptors (Lipinski definition) is 14. The van der Waals surface area contributed by atoms with E-state index in [2.05, 4.69) is 26.0 Å².